The SMILES string of the molecule is CC1(c2ccccc2Cl)CN=C(N)N1c1ccccc1F. The number of guanidine groups is 1. The summed E-state index contributed by atoms with van der Waals surface area (Å²) in [5.41, 5.74) is 6.68. The van der Waals surface area contributed by atoms with E-state index in [0.717, 1.165) is 5.56 Å². The Labute approximate surface area is 127 Å². The molecule has 21 heavy (non-hydrogen) atoms. The third-order valence-corrected chi connectivity index (χ3v) is 4.15. The molecule has 1 aliphatic heterocycles. The molecule has 0 radical (unpaired) electrons. The second-order valence-electron chi connectivity index (χ2n) is 5.21. The van der Waals surface area contributed by atoms with E-state index in [9.17, 15) is 4.39 Å². The summed E-state index contributed by atoms with van der Waals surface area (Å²) in [7, 11) is 0. The van der Waals surface area contributed by atoms with Gasteiger partial charge in [-0.05, 0) is 30.7 Å². The van der Waals surface area contributed by atoms with E-state index in [1.807, 2.05) is 31.2 Å². The Morgan fingerprint density at radius 2 is 1.86 bits per heavy atom. The van der Waals surface area contributed by atoms with Crippen LogP contribution in [0, 0.1) is 5.82 Å². The number of nitrogens with zero attached hydrogens (tertiary/aromatic N) is 2. The second-order valence-corrected chi connectivity index (χ2v) is 5.62. The summed E-state index contributed by atoms with van der Waals surface area (Å²) in [6, 6.07) is 14.0. The fraction of sp³-hybridized carbons (Fsp3) is 0.188. The molecule has 2 aromatic rings. The molecule has 3 rings (SSSR count). The quantitative estimate of drug-likeness (QED) is 0.922. The molecule has 0 aromatic heterocycles. The van der Waals surface area contributed by atoms with Crippen LogP contribution in [0.5, 0.6) is 0 Å². The topological polar surface area (TPSA) is 41.6 Å². The van der Waals surface area contributed by atoms with Crippen LogP contribution in [-0.4, -0.2) is 12.5 Å². The van der Waals surface area contributed by atoms with Crippen LogP contribution in [0.15, 0.2) is 53.5 Å². The van der Waals surface area contributed by atoms with Crippen molar-refractivity contribution in [2.75, 3.05) is 11.4 Å². The average Bonchev–Trinajstić information content (AvgIpc) is 2.77. The van der Waals surface area contributed by atoms with Crippen molar-refractivity contribution in [3.8, 4) is 0 Å². The zero-order valence-corrected chi connectivity index (χ0v) is 12.3. The molecule has 0 spiro atoms. The van der Waals surface area contributed by atoms with Gasteiger partial charge in [-0.15, -0.1) is 0 Å². The van der Waals surface area contributed by atoms with E-state index in [1.54, 1.807) is 23.1 Å². The highest BCUT2D eigenvalue weighted by molar-refractivity contribution is 6.31. The maximum Gasteiger partial charge on any atom is 0.196 e. The maximum absolute atomic E-state index is 14.2. The Morgan fingerprint density at radius 3 is 2.57 bits per heavy atom. The molecule has 108 valence electrons. The van der Waals surface area contributed by atoms with Gasteiger partial charge in [0.05, 0.1) is 17.8 Å². The number of hydrogen-bond donors (Lipinski definition) is 1. The van der Waals surface area contributed by atoms with E-state index in [0.29, 0.717) is 23.2 Å². The minimum atomic E-state index is -0.607. The lowest BCUT2D eigenvalue weighted by molar-refractivity contribution is 0.521. The third kappa shape index (κ3) is 2.16. The molecule has 2 aromatic carbocycles. The Hall–Kier alpha value is -2.07. The predicted molar refractivity (Wildman–Crippen MR) is 84.2 cm³/mol. The second kappa shape index (κ2) is 5.04. The van der Waals surface area contributed by atoms with Crippen molar-refractivity contribution >= 4 is 23.2 Å². The number of aliphatic imine (C=N–C) groups is 1. The van der Waals surface area contributed by atoms with Gasteiger partial charge in [-0.1, -0.05) is 41.9 Å². The number of anilines is 1. The highest BCUT2D eigenvalue weighted by Gasteiger charge is 2.42. The summed E-state index contributed by atoms with van der Waals surface area (Å²) in [5.74, 6) is -0.0432. The first-order valence-electron chi connectivity index (χ1n) is 6.64. The molecule has 0 aliphatic carbocycles. The van der Waals surface area contributed by atoms with Crippen LogP contribution in [0.1, 0.15) is 12.5 Å². The van der Waals surface area contributed by atoms with Crippen molar-refractivity contribution in [2.45, 2.75) is 12.5 Å². The molecule has 0 fully saturated rings. The first-order valence-corrected chi connectivity index (χ1v) is 7.01. The first kappa shape index (κ1) is 13.9. The molecule has 2 N–H and O–H groups in total. The third-order valence-electron chi connectivity index (χ3n) is 3.82. The number of rotatable bonds is 2. The van der Waals surface area contributed by atoms with Crippen LogP contribution < -0.4 is 10.6 Å². The molecule has 5 heteroatoms. The normalized spacial score (nSPS) is 21.5. The van der Waals surface area contributed by atoms with E-state index >= 15 is 0 Å². The lowest BCUT2D eigenvalue weighted by atomic mass is 9.90. The summed E-state index contributed by atoms with van der Waals surface area (Å²) in [4.78, 5) is 6.01. The molecular formula is C16H15ClFN3. The minimum absolute atomic E-state index is 0.294. The first-order chi connectivity index (χ1) is 10.0. The zero-order valence-electron chi connectivity index (χ0n) is 11.6. The Bertz CT molecular complexity index is 716. The van der Waals surface area contributed by atoms with Crippen molar-refractivity contribution in [1.82, 2.24) is 0 Å². The molecule has 0 saturated heterocycles. The van der Waals surface area contributed by atoms with Crippen molar-refractivity contribution in [3.05, 3.63) is 64.9 Å². The average molecular weight is 304 g/mol. The van der Waals surface area contributed by atoms with E-state index in [-0.39, 0.29) is 5.82 Å². The number of para-hydroxylation sites is 1. The minimum Gasteiger partial charge on any atom is -0.369 e. The van der Waals surface area contributed by atoms with Gasteiger partial charge in [-0.3, -0.25) is 9.89 Å². The largest absolute Gasteiger partial charge is 0.369 e. The highest BCUT2D eigenvalue weighted by atomic mass is 35.5. The molecule has 0 bridgehead atoms. The van der Waals surface area contributed by atoms with Gasteiger partial charge < -0.3 is 5.73 Å². The van der Waals surface area contributed by atoms with Gasteiger partial charge in [0.2, 0.25) is 0 Å². The Balaban J connectivity index is 2.16. The summed E-state index contributed by atoms with van der Waals surface area (Å²) in [6.07, 6.45) is 0. The molecule has 1 aliphatic rings. The van der Waals surface area contributed by atoms with Gasteiger partial charge in [-0.2, -0.15) is 0 Å². The smallest absolute Gasteiger partial charge is 0.196 e. The van der Waals surface area contributed by atoms with Crippen LogP contribution in [0.4, 0.5) is 10.1 Å². The summed E-state index contributed by atoms with van der Waals surface area (Å²) in [5, 5.41) is 0.617. The lowest BCUT2D eigenvalue weighted by Crippen LogP contribution is -2.48. The summed E-state index contributed by atoms with van der Waals surface area (Å²) >= 11 is 6.32. The summed E-state index contributed by atoms with van der Waals surface area (Å²) < 4.78 is 14.2. The van der Waals surface area contributed by atoms with Gasteiger partial charge in [0.1, 0.15) is 5.82 Å². The zero-order chi connectivity index (χ0) is 15.0. The number of hydrogen-bond acceptors (Lipinski definition) is 3. The molecule has 0 amide bonds. The van der Waals surface area contributed by atoms with Gasteiger partial charge in [-0.25, -0.2) is 4.39 Å². The van der Waals surface area contributed by atoms with Gasteiger partial charge in [0.25, 0.3) is 0 Å². The number of halogens is 2. The summed E-state index contributed by atoms with van der Waals surface area (Å²) in [6.45, 7) is 2.39. The van der Waals surface area contributed by atoms with Crippen LogP contribution in [0.3, 0.4) is 0 Å². The Morgan fingerprint density at radius 1 is 1.19 bits per heavy atom. The van der Waals surface area contributed by atoms with Gasteiger partial charge in [0.15, 0.2) is 5.96 Å². The molecule has 1 unspecified atom stereocenters. The molecular weight excluding hydrogens is 289 g/mol. The van der Waals surface area contributed by atoms with Gasteiger partial charge >= 0.3 is 0 Å². The maximum atomic E-state index is 14.2. The monoisotopic (exact) mass is 303 g/mol. The van der Waals surface area contributed by atoms with Crippen LogP contribution in [-0.2, 0) is 5.54 Å². The van der Waals surface area contributed by atoms with Crippen molar-refractivity contribution in [1.29, 1.82) is 0 Å². The van der Waals surface area contributed by atoms with Crippen molar-refractivity contribution in [2.24, 2.45) is 10.7 Å². The van der Waals surface area contributed by atoms with Crippen LogP contribution >= 0.6 is 11.6 Å². The van der Waals surface area contributed by atoms with Crippen molar-refractivity contribution in [3.63, 3.8) is 0 Å². The number of benzene rings is 2. The van der Waals surface area contributed by atoms with E-state index in [4.69, 9.17) is 17.3 Å². The predicted octanol–water partition coefficient (Wildman–Crippen LogP) is 3.53. The Kier molecular flexibility index (Phi) is 3.33. The van der Waals surface area contributed by atoms with Crippen LogP contribution in [0.2, 0.25) is 5.02 Å². The van der Waals surface area contributed by atoms with E-state index in [2.05, 4.69) is 4.99 Å². The van der Waals surface area contributed by atoms with E-state index in [1.165, 1.54) is 6.07 Å². The standard InChI is InChI=1S/C16H15ClFN3/c1-16(11-6-2-3-7-12(11)17)10-20-15(19)21(16)14-9-5-4-8-13(14)18/h2-9H,10H2,1H3,(H2,19,20). The lowest BCUT2D eigenvalue weighted by Gasteiger charge is -2.37. The molecule has 3 nitrogen and oxygen atoms in total. The van der Waals surface area contributed by atoms with E-state index < -0.39 is 5.54 Å². The number of nitrogens with two attached hydrogens (primary N) is 1. The molecule has 1 heterocycles. The van der Waals surface area contributed by atoms with Gasteiger partial charge in [0, 0.05) is 5.02 Å². The van der Waals surface area contributed by atoms with Crippen LogP contribution in [0.25, 0.3) is 0 Å². The fourth-order valence-corrected chi connectivity index (χ4v) is 3.09. The fourth-order valence-electron chi connectivity index (χ4n) is 2.76. The molecule has 0 saturated carbocycles. The highest BCUT2D eigenvalue weighted by Crippen LogP contribution is 2.40. The molecule has 1 atom stereocenters. The van der Waals surface area contributed by atoms with Crippen molar-refractivity contribution < 1.29 is 4.39 Å².